The number of H-pyrrole nitrogens is 1. The van der Waals surface area contributed by atoms with Crippen LogP contribution in [0.5, 0.6) is 5.75 Å². The molecule has 1 amide bonds. The summed E-state index contributed by atoms with van der Waals surface area (Å²) in [6, 6.07) is 9.71. The van der Waals surface area contributed by atoms with Gasteiger partial charge in [-0.2, -0.15) is 0 Å². The number of halogens is 1. The van der Waals surface area contributed by atoms with Gasteiger partial charge in [-0.15, -0.1) is 0 Å². The number of methoxy groups -OCH3 is 1. The van der Waals surface area contributed by atoms with Crippen molar-refractivity contribution in [2.75, 3.05) is 31.6 Å². The van der Waals surface area contributed by atoms with Gasteiger partial charge in [-0.1, -0.05) is 17.7 Å². The predicted molar refractivity (Wildman–Crippen MR) is 91.4 cm³/mol. The van der Waals surface area contributed by atoms with Crippen LogP contribution < -0.4 is 15.0 Å². The van der Waals surface area contributed by atoms with Crippen LogP contribution in [0.15, 0.2) is 36.5 Å². The molecule has 0 unspecified atom stereocenters. The van der Waals surface area contributed by atoms with E-state index in [2.05, 4.69) is 21.3 Å². The van der Waals surface area contributed by atoms with E-state index >= 15 is 0 Å². The van der Waals surface area contributed by atoms with Crippen molar-refractivity contribution in [1.29, 1.82) is 0 Å². The molecule has 5 nitrogen and oxygen atoms in total. The lowest BCUT2D eigenvalue weighted by Crippen LogP contribution is -2.31. The summed E-state index contributed by atoms with van der Waals surface area (Å²) < 4.78 is 5.27. The summed E-state index contributed by atoms with van der Waals surface area (Å²) in [5.74, 6) is 1.19. The number of rotatable bonds is 5. The zero-order valence-electron chi connectivity index (χ0n) is 13.0. The summed E-state index contributed by atoms with van der Waals surface area (Å²) in [6.45, 7) is 2.58. The van der Waals surface area contributed by atoms with Gasteiger partial charge in [0.05, 0.1) is 12.1 Å². The maximum absolute atomic E-state index is 12.0. The van der Waals surface area contributed by atoms with Crippen LogP contribution in [0.2, 0.25) is 5.02 Å². The fourth-order valence-corrected chi connectivity index (χ4v) is 3.04. The Kier molecular flexibility index (Phi) is 4.76. The Morgan fingerprint density at radius 1 is 1.48 bits per heavy atom. The van der Waals surface area contributed by atoms with Crippen molar-refractivity contribution < 1.29 is 9.53 Å². The molecule has 122 valence electrons. The van der Waals surface area contributed by atoms with Crippen molar-refractivity contribution in [3.63, 3.8) is 0 Å². The highest BCUT2D eigenvalue weighted by molar-refractivity contribution is 6.30. The van der Waals surface area contributed by atoms with Crippen LogP contribution in [0.25, 0.3) is 0 Å². The first-order chi connectivity index (χ1) is 11.2. The van der Waals surface area contributed by atoms with Gasteiger partial charge in [-0.25, -0.2) is 0 Å². The summed E-state index contributed by atoms with van der Waals surface area (Å²) >= 11 is 5.82. The third-order valence-corrected chi connectivity index (χ3v) is 4.37. The van der Waals surface area contributed by atoms with Crippen LogP contribution in [0.4, 0.5) is 5.69 Å². The van der Waals surface area contributed by atoms with E-state index in [1.54, 1.807) is 19.4 Å². The van der Waals surface area contributed by atoms with Gasteiger partial charge in [-0.05, 0) is 30.5 Å². The third kappa shape index (κ3) is 3.79. The first-order valence-electron chi connectivity index (χ1n) is 7.67. The Balaban J connectivity index is 1.52. The van der Waals surface area contributed by atoms with Gasteiger partial charge in [-0.3, -0.25) is 4.79 Å². The smallest absolute Gasteiger partial charge is 0.267 e. The number of amides is 1. The fraction of sp³-hybridized carbons (Fsp3) is 0.353. The summed E-state index contributed by atoms with van der Waals surface area (Å²) in [5.41, 5.74) is 1.66. The number of hydrogen-bond acceptors (Lipinski definition) is 3. The molecule has 1 aromatic carbocycles. The highest BCUT2D eigenvalue weighted by atomic mass is 35.5. The molecule has 2 heterocycles. The molecule has 23 heavy (non-hydrogen) atoms. The molecule has 0 saturated carbocycles. The number of anilines is 1. The van der Waals surface area contributed by atoms with E-state index in [9.17, 15) is 4.79 Å². The van der Waals surface area contributed by atoms with Crippen LogP contribution in [-0.4, -0.2) is 37.6 Å². The van der Waals surface area contributed by atoms with Crippen molar-refractivity contribution in [3.05, 3.63) is 47.2 Å². The number of carbonyl (C=O) groups excluding carboxylic acids is 1. The van der Waals surface area contributed by atoms with Crippen LogP contribution in [-0.2, 0) is 0 Å². The van der Waals surface area contributed by atoms with Crippen molar-refractivity contribution in [2.45, 2.75) is 6.42 Å². The minimum absolute atomic E-state index is 0.114. The maximum Gasteiger partial charge on any atom is 0.267 e. The van der Waals surface area contributed by atoms with E-state index in [4.69, 9.17) is 16.3 Å². The van der Waals surface area contributed by atoms with E-state index in [0.29, 0.717) is 23.2 Å². The molecular formula is C17H20ClN3O2. The van der Waals surface area contributed by atoms with E-state index in [1.807, 2.05) is 18.2 Å². The average molecular weight is 334 g/mol. The lowest BCUT2D eigenvalue weighted by Gasteiger charge is -2.19. The largest absolute Gasteiger partial charge is 0.497 e. The zero-order valence-corrected chi connectivity index (χ0v) is 13.8. The van der Waals surface area contributed by atoms with Crippen molar-refractivity contribution in [3.8, 4) is 5.75 Å². The molecular weight excluding hydrogens is 314 g/mol. The zero-order chi connectivity index (χ0) is 16.2. The number of hydrogen-bond donors (Lipinski definition) is 2. The number of aromatic nitrogens is 1. The lowest BCUT2D eigenvalue weighted by molar-refractivity contribution is 0.0944. The van der Waals surface area contributed by atoms with Gasteiger partial charge < -0.3 is 19.9 Å². The molecule has 2 aromatic rings. The monoisotopic (exact) mass is 333 g/mol. The van der Waals surface area contributed by atoms with Crippen LogP contribution in [0.1, 0.15) is 16.9 Å². The Bertz CT molecular complexity index is 686. The SMILES string of the molecule is COc1cccc(N2CC[C@H](CNC(=O)c3cc(Cl)c[nH]3)C2)c1. The van der Waals surface area contributed by atoms with Gasteiger partial charge in [0.2, 0.25) is 0 Å². The number of nitrogens with zero attached hydrogens (tertiary/aromatic N) is 1. The molecule has 1 saturated heterocycles. The van der Waals surface area contributed by atoms with Crippen LogP contribution in [0.3, 0.4) is 0 Å². The molecule has 1 aromatic heterocycles. The summed E-state index contributed by atoms with van der Waals surface area (Å²) in [4.78, 5) is 17.2. The Labute approximate surface area is 140 Å². The second kappa shape index (κ2) is 6.96. The number of carbonyl (C=O) groups is 1. The molecule has 0 bridgehead atoms. The Morgan fingerprint density at radius 2 is 2.35 bits per heavy atom. The first-order valence-corrected chi connectivity index (χ1v) is 8.04. The topological polar surface area (TPSA) is 57.4 Å². The second-order valence-corrected chi connectivity index (χ2v) is 6.18. The van der Waals surface area contributed by atoms with Gasteiger partial charge >= 0.3 is 0 Å². The predicted octanol–water partition coefficient (Wildman–Crippen LogP) is 2.93. The number of ether oxygens (including phenoxy) is 1. The molecule has 6 heteroatoms. The van der Waals surface area contributed by atoms with Crippen LogP contribution in [0, 0.1) is 5.92 Å². The molecule has 1 aliphatic heterocycles. The summed E-state index contributed by atoms with van der Waals surface area (Å²) in [6.07, 6.45) is 2.67. The summed E-state index contributed by atoms with van der Waals surface area (Å²) in [5, 5.41) is 3.51. The number of aromatic amines is 1. The van der Waals surface area contributed by atoms with Gasteiger partial charge in [0.15, 0.2) is 0 Å². The van der Waals surface area contributed by atoms with Crippen molar-refractivity contribution in [2.24, 2.45) is 5.92 Å². The van der Waals surface area contributed by atoms with Crippen LogP contribution >= 0.6 is 11.6 Å². The molecule has 3 rings (SSSR count). The molecule has 0 radical (unpaired) electrons. The van der Waals surface area contributed by atoms with E-state index < -0.39 is 0 Å². The first kappa shape index (κ1) is 15.7. The maximum atomic E-state index is 12.0. The molecule has 0 spiro atoms. The molecule has 1 aliphatic rings. The van der Waals surface area contributed by atoms with E-state index in [0.717, 1.165) is 30.9 Å². The quantitative estimate of drug-likeness (QED) is 0.884. The van der Waals surface area contributed by atoms with Gasteiger partial charge in [0.1, 0.15) is 11.4 Å². The summed E-state index contributed by atoms with van der Waals surface area (Å²) in [7, 11) is 1.67. The highest BCUT2D eigenvalue weighted by Crippen LogP contribution is 2.26. The number of nitrogens with one attached hydrogen (secondary N) is 2. The number of benzene rings is 1. The highest BCUT2D eigenvalue weighted by Gasteiger charge is 2.23. The normalized spacial score (nSPS) is 17.3. The molecule has 0 aliphatic carbocycles. The molecule has 2 N–H and O–H groups in total. The van der Waals surface area contributed by atoms with Crippen molar-refractivity contribution >= 4 is 23.2 Å². The van der Waals surface area contributed by atoms with Crippen molar-refractivity contribution in [1.82, 2.24) is 10.3 Å². The lowest BCUT2D eigenvalue weighted by atomic mass is 10.1. The fourth-order valence-electron chi connectivity index (χ4n) is 2.87. The van der Waals surface area contributed by atoms with E-state index in [-0.39, 0.29) is 5.91 Å². The standard InChI is InChI=1S/C17H20ClN3O2/c1-23-15-4-2-3-14(8-15)21-6-5-12(11-21)9-20-17(22)16-7-13(18)10-19-16/h2-4,7-8,10,12,19H,5-6,9,11H2,1H3,(H,20,22)/t12-/m1/s1. The average Bonchev–Trinajstić information content (AvgIpc) is 3.22. The Hall–Kier alpha value is -2.14. The molecule has 1 atom stereocenters. The van der Waals surface area contributed by atoms with Gasteiger partial charge in [0.25, 0.3) is 5.91 Å². The molecule has 1 fully saturated rings. The third-order valence-electron chi connectivity index (χ3n) is 4.15. The second-order valence-electron chi connectivity index (χ2n) is 5.74. The van der Waals surface area contributed by atoms with Gasteiger partial charge in [0, 0.05) is 37.6 Å². The Morgan fingerprint density at radius 3 is 3.09 bits per heavy atom. The van der Waals surface area contributed by atoms with E-state index in [1.165, 1.54) is 0 Å². The minimum atomic E-state index is -0.114. The minimum Gasteiger partial charge on any atom is -0.497 e.